The molecule has 0 atom stereocenters. The summed E-state index contributed by atoms with van der Waals surface area (Å²) >= 11 is 3.11. The molecule has 0 spiro atoms. The van der Waals surface area contributed by atoms with E-state index in [0.29, 0.717) is 23.9 Å². The third kappa shape index (κ3) is 3.99. The number of carbonyl (C=O) groups is 1. The summed E-state index contributed by atoms with van der Waals surface area (Å²) in [5.74, 6) is -0.797. The minimum atomic E-state index is -0.462. The molecule has 1 rings (SSSR count). The molecule has 1 aromatic rings. The van der Waals surface area contributed by atoms with Crippen LogP contribution < -0.4 is 5.32 Å². The molecule has 0 heterocycles. The Kier molecular flexibility index (Phi) is 4.93. The van der Waals surface area contributed by atoms with E-state index in [-0.39, 0.29) is 11.5 Å². The molecule has 0 bridgehead atoms. The molecule has 0 unspecified atom stereocenters. The number of halogens is 2. The zero-order chi connectivity index (χ0) is 12.0. The summed E-state index contributed by atoms with van der Waals surface area (Å²) in [7, 11) is 0. The number of benzene rings is 1. The average Bonchev–Trinajstić information content (AvgIpc) is 2.22. The molecule has 0 aliphatic heterocycles. The van der Waals surface area contributed by atoms with Crippen molar-refractivity contribution in [2.24, 2.45) is 0 Å². The molecule has 3 nitrogen and oxygen atoms in total. The van der Waals surface area contributed by atoms with Gasteiger partial charge in [-0.3, -0.25) is 4.79 Å². The summed E-state index contributed by atoms with van der Waals surface area (Å²) in [6.07, 6.45) is 0.992. The van der Waals surface area contributed by atoms with Crippen LogP contribution in [0.4, 0.5) is 4.39 Å². The number of unbranched alkanes of at least 4 members (excludes halogenated alkanes) is 1. The van der Waals surface area contributed by atoms with E-state index < -0.39 is 5.82 Å². The number of nitriles is 1. The number of carbonyl (C=O) groups excluding carboxylic acids is 1. The van der Waals surface area contributed by atoms with Crippen molar-refractivity contribution in [3.8, 4) is 6.07 Å². The van der Waals surface area contributed by atoms with E-state index in [1.165, 1.54) is 12.1 Å². The molecular formula is C11H10BrFN2O. The van der Waals surface area contributed by atoms with Gasteiger partial charge in [0.2, 0.25) is 0 Å². The van der Waals surface area contributed by atoms with Gasteiger partial charge in [-0.2, -0.15) is 5.26 Å². The molecule has 0 aromatic heterocycles. The van der Waals surface area contributed by atoms with Crippen molar-refractivity contribution in [2.75, 3.05) is 6.54 Å². The van der Waals surface area contributed by atoms with Gasteiger partial charge in [-0.25, -0.2) is 4.39 Å². The number of hydrogen-bond donors (Lipinski definition) is 1. The average molecular weight is 285 g/mol. The van der Waals surface area contributed by atoms with Gasteiger partial charge >= 0.3 is 0 Å². The summed E-state index contributed by atoms with van der Waals surface area (Å²) < 4.78 is 13.5. The number of nitrogens with one attached hydrogen (secondary N) is 1. The first-order valence-corrected chi connectivity index (χ1v) is 5.54. The molecule has 1 amide bonds. The van der Waals surface area contributed by atoms with Crippen LogP contribution >= 0.6 is 15.9 Å². The van der Waals surface area contributed by atoms with Gasteiger partial charge in [-0.05, 0) is 24.6 Å². The summed E-state index contributed by atoms with van der Waals surface area (Å²) in [6.45, 7) is 0.417. The first kappa shape index (κ1) is 12.7. The molecule has 0 aliphatic rings. The first-order chi connectivity index (χ1) is 7.63. The highest BCUT2D eigenvalue weighted by Gasteiger charge is 2.07. The van der Waals surface area contributed by atoms with Crippen LogP contribution in [0.3, 0.4) is 0 Å². The second kappa shape index (κ2) is 6.23. The molecular weight excluding hydrogens is 275 g/mol. The molecule has 0 saturated heterocycles. The van der Waals surface area contributed by atoms with Crippen molar-refractivity contribution in [3.05, 3.63) is 34.1 Å². The number of amides is 1. The van der Waals surface area contributed by atoms with Crippen molar-refractivity contribution in [1.82, 2.24) is 5.32 Å². The van der Waals surface area contributed by atoms with E-state index in [2.05, 4.69) is 21.2 Å². The van der Waals surface area contributed by atoms with E-state index in [1.54, 1.807) is 6.07 Å². The maximum atomic E-state index is 13.0. The molecule has 0 aliphatic carbocycles. The van der Waals surface area contributed by atoms with E-state index >= 15 is 0 Å². The van der Waals surface area contributed by atoms with Gasteiger partial charge in [0.05, 0.1) is 6.07 Å². The quantitative estimate of drug-likeness (QED) is 0.864. The van der Waals surface area contributed by atoms with E-state index in [4.69, 9.17) is 5.26 Å². The second-order valence-electron chi connectivity index (χ2n) is 3.18. The van der Waals surface area contributed by atoms with Gasteiger partial charge < -0.3 is 5.32 Å². The normalized spacial score (nSPS) is 9.56. The van der Waals surface area contributed by atoms with Crippen LogP contribution in [0.2, 0.25) is 0 Å². The fourth-order valence-electron chi connectivity index (χ4n) is 1.16. The van der Waals surface area contributed by atoms with Crippen LogP contribution in [-0.2, 0) is 0 Å². The minimum absolute atomic E-state index is 0.267. The standard InChI is InChI=1S/C11H10BrFN2O/c12-9-5-8(6-10(13)7-9)11(16)15-4-2-1-3-14/h5-7H,1-2,4H2,(H,15,16). The predicted octanol–water partition coefficient (Wildman–Crippen LogP) is 2.62. The van der Waals surface area contributed by atoms with E-state index in [0.717, 1.165) is 0 Å². The molecule has 1 N–H and O–H groups in total. The highest BCUT2D eigenvalue weighted by molar-refractivity contribution is 9.10. The van der Waals surface area contributed by atoms with Crippen LogP contribution in [0.1, 0.15) is 23.2 Å². The van der Waals surface area contributed by atoms with E-state index in [9.17, 15) is 9.18 Å². The van der Waals surface area contributed by atoms with Gasteiger partial charge in [0, 0.05) is 23.0 Å². The summed E-state index contributed by atoms with van der Waals surface area (Å²) in [6, 6.07) is 5.98. The lowest BCUT2D eigenvalue weighted by atomic mass is 10.2. The lowest BCUT2D eigenvalue weighted by Gasteiger charge is -2.04. The number of rotatable bonds is 4. The topological polar surface area (TPSA) is 52.9 Å². The Morgan fingerprint density at radius 3 is 2.88 bits per heavy atom. The Morgan fingerprint density at radius 2 is 2.25 bits per heavy atom. The second-order valence-corrected chi connectivity index (χ2v) is 4.09. The first-order valence-electron chi connectivity index (χ1n) is 4.74. The Bertz CT molecular complexity index is 408. The predicted molar refractivity (Wildman–Crippen MR) is 61.3 cm³/mol. The van der Waals surface area contributed by atoms with Crippen molar-refractivity contribution in [3.63, 3.8) is 0 Å². The van der Waals surface area contributed by atoms with Crippen molar-refractivity contribution < 1.29 is 9.18 Å². The summed E-state index contributed by atoms with van der Waals surface area (Å²) in [5, 5.41) is 10.9. The maximum Gasteiger partial charge on any atom is 0.251 e. The fraction of sp³-hybridized carbons (Fsp3) is 0.273. The molecule has 0 radical (unpaired) electrons. The van der Waals surface area contributed by atoms with E-state index in [1.807, 2.05) is 6.07 Å². The summed E-state index contributed by atoms with van der Waals surface area (Å²) in [4.78, 5) is 11.5. The molecule has 5 heteroatoms. The monoisotopic (exact) mass is 284 g/mol. The number of nitrogens with zero attached hydrogens (tertiary/aromatic N) is 1. The Morgan fingerprint density at radius 1 is 1.50 bits per heavy atom. The fourth-order valence-corrected chi connectivity index (χ4v) is 1.62. The molecule has 0 fully saturated rings. The van der Waals surface area contributed by atoms with Gasteiger partial charge in [0.25, 0.3) is 5.91 Å². The van der Waals surface area contributed by atoms with Crippen molar-refractivity contribution in [1.29, 1.82) is 5.26 Å². The SMILES string of the molecule is N#CCCCNC(=O)c1cc(F)cc(Br)c1. The highest BCUT2D eigenvalue weighted by Crippen LogP contribution is 2.14. The van der Waals surface area contributed by atoms with Crippen molar-refractivity contribution in [2.45, 2.75) is 12.8 Å². The third-order valence-electron chi connectivity index (χ3n) is 1.88. The van der Waals surface area contributed by atoms with Crippen LogP contribution in [0.15, 0.2) is 22.7 Å². The largest absolute Gasteiger partial charge is 0.352 e. The van der Waals surface area contributed by atoms with Gasteiger partial charge in [0.1, 0.15) is 5.82 Å². The van der Waals surface area contributed by atoms with Crippen LogP contribution in [0.5, 0.6) is 0 Å². The molecule has 0 saturated carbocycles. The smallest absolute Gasteiger partial charge is 0.251 e. The van der Waals surface area contributed by atoms with Gasteiger partial charge in [0.15, 0.2) is 0 Å². The Hall–Kier alpha value is -1.41. The van der Waals surface area contributed by atoms with Crippen LogP contribution in [0, 0.1) is 17.1 Å². The summed E-state index contributed by atoms with van der Waals surface area (Å²) in [5.41, 5.74) is 0.267. The lowest BCUT2D eigenvalue weighted by Crippen LogP contribution is -2.24. The van der Waals surface area contributed by atoms with Crippen LogP contribution in [-0.4, -0.2) is 12.5 Å². The van der Waals surface area contributed by atoms with Crippen molar-refractivity contribution >= 4 is 21.8 Å². The van der Waals surface area contributed by atoms with Gasteiger partial charge in [-0.15, -0.1) is 0 Å². The highest BCUT2D eigenvalue weighted by atomic mass is 79.9. The van der Waals surface area contributed by atoms with Gasteiger partial charge in [-0.1, -0.05) is 15.9 Å². The lowest BCUT2D eigenvalue weighted by molar-refractivity contribution is 0.0953. The molecule has 1 aromatic carbocycles. The Labute approximate surface area is 101 Å². The third-order valence-corrected chi connectivity index (χ3v) is 2.33. The number of hydrogen-bond acceptors (Lipinski definition) is 2. The zero-order valence-corrected chi connectivity index (χ0v) is 10.1. The molecule has 16 heavy (non-hydrogen) atoms. The minimum Gasteiger partial charge on any atom is -0.352 e. The maximum absolute atomic E-state index is 13.0. The Balaban J connectivity index is 2.56. The van der Waals surface area contributed by atoms with Crippen LogP contribution in [0.25, 0.3) is 0 Å². The molecule has 84 valence electrons. The zero-order valence-electron chi connectivity index (χ0n) is 8.46.